The number of aryl methyl sites for hydroxylation is 2. The summed E-state index contributed by atoms with van der Waals surface area (Å²) >= 11 is 3.52. The Morgan fingerprint density at radius 1 is 1.11 bits per heavy atom. The van der Waals surface area contributed by atoms with Gasteiger partial charge in [0.2, 0.25) is 0 Å². The summed E-state index contributed by atoms with van der Waals surface area (Å²) in [6.45, 7) is 4.98. The van der Waals surface area contributed by atoms with Gasteiger partial charge in [0, 0.05) is 22.3 Å². The average molecular weight is 320 g/mol. The second kappa shape index (κ2) is 6.11. The van der Waals surface area contributed by atoms with E-state index in [0.29, 0.717) is 0 Å². The van der Waals surface area contributed by atoms with Crippen molar-refractivity contribution >= 4 is 21.6 Å². The quantitative estimate of drug-likeness (QED) is 0.883. The number of benzene rings is 2. The Morgan fingerprint density at radius 2 is 1.74 bits per heavy atom. The number of hydrogen-bond donors (Lipinski definition) is 1. The molecular formula is C16H18BrNO. The predicted octanol–water partition coefficient (Wildman–Crippen LogP) is 4.69. The largest absolute Gasteiger partial charge is 0.496 e. The fourth-order valence-corrected chi connectivity index (χ4v) is 2.91. The van der Waals surface area contributed by atoms with Crippen molar-refractivity contribution < 1.29 is 4.74 Å². The van der Waals surface area contributed by atoms with Crippen LogP contribution < -0.4 is 10.1 Å². The van der Waals surface area contributed by atoms with Crippen LogP contribution in [-0.4, -0.2) is 7.11 Å². The number of halogens is 1. The highest BCUT2D eigenvalue weighted by Gasteiger charge is 2.06. The van der Waals surface area contributed by atoms with E-state index < -0.39 is 0 Å². The van der Waals surface area contributed by atoms with E-state index in [1.54, 1.807) is 7.11 Å². The molecular weight excluding hydrogens is 302 g/mol. The average Bonchev–Trinajstić information content (AvgIpc) is 2.38. The smallest absolute Gasteiger partial charge is 0.123 e. The van der Waals surface area contributed by atoms with Crippen LogP contribution in [0.4, 0.5) is 5.69 Å². The van der Waals surface area contributed by atoms with Crippen molar-refractivity contribution in [1.29, 1.82) is 0 Å². The Kier molecular flexibility index (Phi) is 4.48. The predicted molar refractivity (Wildman–Crippen MR) is 83.9 cm³/mol. The molecule has 2 nitrogen and oxygen atoms in total. The van der Waals surface area contributed by atoms with Gasteiger partial charge in [-0.1, -0.05) is 34.1 Å². The normalized spacial score (nSPS) is 10.3. The molecule has 2 aromatic carbocycles. The molecule has 1 N–H and O–H groups in total. The minimum atomic E-state index is 0.757. The molecule has 0 aliphatic rings. The summed E-state index contributed by atoms with van der Waals surface area (Å²) < 4.78 is 6.48. The Morgan fingerprint density at radius 3 is 2.37 bits per heavy atom. The number of methoxy groups -OCH3 is 1. The van der Waals surface area contributed by atoms with Gasteiger partial charge in [-0.25, -0.2) is 0 Å². The van der Waals surface area contributed by atoms with Gasteiger partial charge < -0.3 is 10.1 Å². The lowest BCUT2D eigenvalue weighted by molar-refractivity contribution is 0.410. The summed E-state index contributed by atoms with van der Waals surface area (Å²) in [5.74, 6) is 0.919. The lowest BCUT2D eigenvalue weighted by Gasteiger charge is -2.15. The Hall–Kier alpha value is -1.48. The first-order valence-corrected chi connectivity index (χ1v) is 7.03. The summed E-state index contributed by atoms with van der Waals surface area (Å²) in [5.41, 5.74) is 4.82. The first kappa shape index (κ1) is 13.9. The van der Waals surface area contributed by atoms with E-state index in [0.717, 1.165) is 22.3 Å². The number of ether oxygens (including phenoxy) is 1. The topological polar surface area (TPSA) is 21.3 Å². The van der Waals surface area contributed by atoms with Crippen molar-refractivity contribution in [3.8, 4) is 5.75 Å². The maximum absolute atomic E-state index is 5.37. The van der Waals surface area contributed by atoms with E-state index in [1.165, 1.54) is 16.8 Å². The second-order valence-electron chi connectivity index (χ2n) is 4.58. The SMILES string of the molecule is COc1ccccc1CNc1c(C)cc(Br)cc1C. The Bertz CT molecular complexity index is 558. The van der Waals surface area contributed by atoms with E-state index >= 15 is 0 Å². The van der Waals surface area contributed by atoms with Crippen molar-refractivity contribution in [1.82, 2.24) is 0 Å². The van der Waals surface area contributed by atoms with Crippen molar-refractivity contribution in [3.63, 3.8) is 0 Å². The molecule has 0 radical (unpaired) electrons. The van der Waals surface area contributed by atoms with Gasteiger partial charge in [0.05, 0.1) is 7.11 Å². The van der Waals surface area contributed by atoms with Crippen molar-refractivity contribution in [2.24, 2.45) is 0 Å². The maximum atomic E-state index is 5.37. The number of nitrogens with one attached hydrogen (secondary N) is 1. The number of rotatable bonds is 4. The molecule has 0 atom stereocenters. The van der Waals surface area contributed by atoms with Gasteiger partial charge in [-0.05, 0) is 43.2 Å². The summed E-state index contributed by atoms with van der Waals surface area (Å²) in [6.07, 6.45) is 0. The molecule has 0 saturated carbocycles. The van der Waals surface area contributed by atoms with Gasteiger partial charge in [-0.2, -0.15) is 0 Å². The highest BCUT2D eigenvalue weighted by molar-refractivity contribution is 9.10. The van der Waals surface area contributed by atoms with Crippen LogP contribution >= 0.6 is 15.9 Å². The fourth-order valence-electron chi connectivity index (χ4n) is 2.22. The monoisotopic (exact) mass is 319 g/mol. The fraction of sp³-hybridized carbons (Fsp3) is 0.250. The summed E-state index contributed by atoms with van der Waals surface area (Å²) in [6, 6.07) is 12.3. The zero-order chi connectivity index (χ0) is 13.8. The molecule has 0 aliphatic heterocycles. The summed E-state index contributed by atoms with van der Waals surface area (Å²) in [5, 5.41) is 3.50. The molecule has 0 spiro atoms. The van der Waals surface area contributed by atoms with Crippen LogP contribution in [0, 0.1) is 13.8 Å². The van der Waals surface area contributed by atoms with E-state index in [-0.39, 0.29) is 0 Å². The highest BCUT2D eigenvalue weighted by atomic mass is 79.9. The van der Waals surface area contributed by atoms with E-state index in [2.05, 4.69) is 53.3 Å². The first-order valence-electron chi connectivity index (χ1n) is 6.24. The van der Waals surface area contributed by atoms with Crippen LogP contribution in [0.5, 0.6) is 5.75 Å². The van der Waals surface area contributed by atoms with Crippen LogP contribution in [-0.2, 0) is 6.54 Å². The van der Waals surface area contributed by atoms with Gasteiger partial charge in [0.15, 0.2) is 0 Å². The number of hydrogen-bond acceptors (Lipinski definition) is 2. The molecule has 0 amide bonds. The van der Waals surface area contributed by atoms with Gasteiger partial charge >= 0.3 is 0 Å². The maximum Gasteiger partial charge on any atom is 0.123 e. The number of anilines is 1. The van der Waals surface area contributed by atoms with Crippen LogP contribution in [0.1, 0.15) is 16.7 Å². The summed E-state index contributed by atoms with van der Waals surface area (Å²) in [7, 11) is 1.70. The van der Waals surface area contributed by atoms with Gasteiger partial charge in [0.25, 0.3) is 0 Å². The van der Waals surface area contributed by atoms with Crippen molar-refractivity contribution in [3.05, 3.63) is 57.6 Å². The summed E-state index contributed by atoms with van der Waals surface area (Å²) in [4.78, 5) is 0. The Balaban J connectivity index is 2.19. The lowest BCUT2D eigenvalue weighted by atomic mass is 10.1. The first-order chi connectivity index (χ1) is 9.11. The molecule has 0 fully saturated rings. The molecule has 19 heavy (non-hydrogen) atoms. The standard InChI is InChI=1S/C16H18BrNO/c1-11-8-14(17)9-12(2)16(11)18-10-13-6-4-5-7-15(13)19-3/h4-9,18H,10H2,1-3H3. The van der Waals surface area contributed by atoms with Crippen LogP contribution in [0.3, 0.4) is 0 Å². The van der Waals surface area contributed by atoms with Crippen LogP contribution in [0.2, 0.25) is 0 Å². The Labute approximate surface area is 122 Å². The third-order valence-electron chi connectivity index (χ3n) is 3.15. The van der Waals surface area contributed by atoms with E-state index in [1.807, 2.05) is 18.2 Å². The van der Waals surface area contributed by atoms with Gasteiger partial charge in [-0.15, -0.1) is 0 Å². The van der Waals surface area contributed by atoms with Crippen LogP contribution in [0.25, 0.3) is 0 Å². The minimum Gasteiger partial charge on any atom is -0.496 e. The molecule has 3 heteroatoms. The molecule has 0 saturated heterocycles. The van der Waals surface area contributed by atoms with E-state index in [9.17, 15) is 0 Å². The lowest BCUT2D eigenvalue weighted by Crippen LogP contribution is -2.04. The molecule has 100 valence electrons. The molecule has 2 rings (SSSR count). The molecule has 2 aromatic rings. The minimum absolute atomic E-state index is 0.757. The highest BCUT2D eigenvalue weighted by Crippen LogP contribution is 2.26. The molecule has 0 unspecified atom stereocenters. The molecule has 0 heterocycles. The molecule has 0 bridgehead atoms. The van der Waals surface area contributed by atoms with Crippen molar-refractivity contribution in [2.75, 3.05) is 12.4 Å². The van der Waals surface area contributed by atoms with Crippen LogP contribution in [0.15, 0.2) is 40.9 Å². The zero-order valence-corrected chi connectivity index (χ0v) is 13.0. The van der Waals surface area contributed by atoms with Gasteiger partial charge in [0.1, 0.15) is 5.75 Å². The molecule has 0 aromatic heterocycles. The van der Waals surface area contributed by atoms with Gasteiger partial charge in [-0.3, -0.25) is 0 Å². The number of para-hydroxylation sites is 1. The van der Waals surface area contributed by atoms with E-state index in [4.69, 9.17) is 4.74 Å². The molecule has 0 aliphatic carbocycles. The zero-order valence-electron chi connectivity index (χ0n) is 11.5. The van der Waals surface area contributed by atoms with Crippen molar-refractivity contribution in [2.45, 2.75) is 20.4 Å². The third kappa shape index (κ3) is 3.29. The third-order valence-corrected chi connectivity index (χ3v) is 3.60. The second-order valence-corrected chi connectivity index (χ2v) is 5.50.